The summed E-state index contributed by atoms with van der Waals surface area (Å²) in [7, 11) is 0. The fraction of sp³-hybridized carbons (Fsp3) is 0.600. The fourth-order valence-electron chi connectivity index (χ4n) is 2.28. The summed E-state index contributed by atoms with van der Waals surface area (Å²) in [6.45, 7) is 8.63. The van der Waals surface area contributed by atoms with Gasteiger partial charge in [-0.3, -0.25) is 4.90 Å². The Bertz CT molecular complexity index is 356. The number of ether oxygens (including phenoxy) is 1. The monoisotopic (exact) mass is 233 g/mol. The summed E-state index contributed by atoms with van der Waals surface area (Å²) in [6, 6.07) is 6.33. The van der Waals surface area contributed by atoms with Gasteiger partial charge < -0.3 is 4.74 Å². The van der Waals surface area contributed by atoms with Gasteiger partial charge in [0.15, 0.2) is 0 Å². The Hall–Kier alpha value is -1.02. The van der Waals surface area contributed by atoms with E-state index in [-0.39, 0.29) is 0 Å². The van der Waals surface area contributed by atoms with Crippen molar-refractivity contribution in [3.05, 3.63) is 29.3 Å². The van der Waals surface area contributed by atoms with Crippen LogP contribution in [0.25, 0.3) is 0 Å². The van der Waals surface area contributed by atoms with Gasteiger partial charge in [-0.15, -0.1) is 0 Å². The van der Waals surface area contributed by atoms with E-state index in [2.05, 4.69) is 36.9 Å². The highest BCUT2D eigenvalue weighted by atomic mass is 16.5. The second-order valence-corrected chi connectivity index (χ2v) is 5.00. The van der Waals surface area contributed by atoms with Crippen LogP contribution in [-0.2, 0) is 0 Å². The number of likely N-dealkylation sites (tertiary alicyclic amines) is 1. The summed E-state index contributed by atoms with van der Waals surface area (Å²) in [6.07, 6.45) is 4.10. The Labute approximate surface area is 105 Å². The first-order valence-corrected chi connectivity index (χ1v) is 6.68. The van der Waals surface area contributed by atoms with Crippen molar-refractivity contribution in [2.45, 2.75) is 33.1 Å². The second-order valence-electron chi connectivity index (χ2n) is 5.00. The lowest BCUT2D eigenvalue weighted by Crippen LogP contribution is -2.33. The van der Waals surface area contributed by atoms with Crippen LogP contribution in [-0.4, -0.2) is 31.1 Å². The molecule has 1 saturated heterocycles. The van der Waals surface area contributed by atoms with Gasteiger partial charge in [0.2, 0.25) is 0 Å². The van der Waals surface area contributed by atoms with Gasteiger partial charge in [0.1, 0.15) is 12.4 Å². The number of benzene rings is 1. The lowest BCUT2D eigenvalue weighted by molar-refractivity contribution is 0.183. The van der Waals surface area contributed by atoms with Crippen molar-refractivity contribution in [1.82, 2.24) is 4.90 Å². The van der Waals surface area contributed by atoms with Gasteiger partial charge in [0.25, 0.3) is 0 Å². The SMILES string of the molecule is Cc1ccc(OCCN2CCCCC2)cc1C. The highest BCUT2D eigenvalue weighted by Gasteiger charge is 2.09. The van der Waals surface area contributed by atoms with E-state index in [0.717, 1.165) is 18.9 Å². The highest BCUT2D eigenvalue weighted by Crippen LogP contribution is 2.16. The van der Waals surface area contributed by atoms with Gasteiger partial charge in [-0.05, 0) is 63.0 Å². The van der Waals surface area contributed by atoms with E-state index >= 15 is 0 Å². The van der Waals surface area contributed by atoms with Gasteiger partial charge in [-0.2, -0.15) is 0 Å². The molecule has 0 amide bonds. The number of hydrogen-bond donors (Lipinski definition) is 0. The van der Waals surface area contributed by atoms with Crippen molar-refractivity contribution in [3.63, 3.8) is 0 Å². The summed E-state index contributed by atoms with van der Waals surface area (Å²) < 4.78 is 5.80. The molecule has 1 aromatic carbocycles. The van der Waals surface area contributed by atoms with E-state index < -0.39 is 0 Å². The quantitative estimate of drug-likeness (QED) is 0.792. The minimum absolute atomic E-state index is 0.808. The number of piperidine rings is 1. The van der Waals surface area contributed by atoms with Gasteiger partial charge in [-0.25, -0.2) is 0 Å². The predicted octanol–water partition coefficient (Wildman–Crippen LogP) is 3.17. The normalized spacial score (nSPS) is 17.1. The minimum Gasteiger partial charge on any atom is -0.492 e. The van der Waals surface area contributed by atoms with Crippen LogP contribution in [0.1, 0.15) is 30.4 Å². The van der Waals surface area contributed by atoms with Crippen molar-refractivity contribution >= 4 is 0 Å². The summed E-state index contributed by atoms with van der Waals surface area (Å²) in [5.41, 5.74) is 2.63. The highest BCUT2D eigenvalue weighted by molar-refractivity contribution is 5.33. The lowest BCUT2D eigenvalue weighted by atomic mass is 10.1. The number of hydrogen-bond acceptors (Lipinski definition) is 2. The molecular weight excluding hydrogens is 210 g/mol. The molecule has 1 aliphatic rings. The molecule has 0 unspecified atom stereocenters. The molecule has 2 nitrogen and oxygen atoms in total. The third-order valence-electron chi connectivity index (χ3n) is 3.60. The van der Waals surface area contributed by atoms with E-state index in [9.17, 15) is 0 Å². The molecule has 0 aromatic heterocycles. The number of aryl methyl sites for hydroxylation is 2. The van der Waals surface area contributed by atoms with Crippen molar-refractivity contribution in [2.24, 2.45) is 0 Å². The summed E-state index contributed by atoms with van der Waals surface area (Å²) >= 11 is 0. The smallest absolute Gasteiger partial charge is 0.119 e. The standard InChI is InChI=1S/C15H23NO/c1-13-6-7-15(12-14(13)2)17-11-10-16-8-4-3-5-9-16/h6-7,12H,3-5,8-11H2,1-2H3. The lowest BCUT2D eigenvalue weighted by Gasteiger charge is -2.26. The van der Waals surface area contributed by atoms with E-state index in [1.807, 2.05) is 0 Å². The average molecular weight is 233 g/mol. The first kappa shape index (κ1) is 12.4. The fourth-order valence-corrected chi connectivity index (χ4v) is 2.28. The van der Waals surface area contributed by atoms with Crippen LogP contribution in [0.3, 0.4) is 0 Å². The van der Waals surface area contributed by atoms with Crippen LogP contribution in [0.4, 0.5) is 0 Å². The molecule has 0 spiro atoms. The van der Waals surface area contributed by atoms with E-state index in [1.165, 1.54) is 43.5 Å². The molecule has 0 atom stereocenters. The summed E-state index contributed by atoms with van der Waals surface area (Å²) in [5.74, 6) is 1.00. The van der Waals surface area contributed by atoms with Crippen molar-refractivity contribution in [1.29, 1.82) is 0 Å². The molecule has 1 fully saturated rings. The van der Waals surface area contributed by atoms with Gasteiger partial charge in [0, 0.05) is 6.54 Å². The molecule has 0 radical (unpaired) electrons. The molecule has 17 heavy (non-hydrogen) atoms. The average Bonchev–Trinajstić information content (AvgIpc) is 2.35. The Kier molecular flexibility index (Phi) is 4.43. The zero-order chi connectivity index (χ0) is 12.1. The van der Waals surface area contributed by atoms with Crippen LogP contribution in [0, 0.1) is 13.8 Å². The third kappa shape index (κ3) is 3.74. The number of nitrogens with zero attached hydrogens (tertiary/aromatic N) is 1. The van der Waals surface area contributed by atoms with Gasteiger partial charge >= 0.3 is 0 Å². The second kappa shape index (κ2) is 6.06. The Morgan fingerprint density at radius 2 is 1.82 bits per heavy atom. The van der Waals surface area contributed by atoms with Crippen molar-refractivity contribution < 1.29 is 4.74 Å². The molecular formula is C15H23NO. The molecule has 2 heteroatoms. The molecule has 0 saturated carbocycles. The maximum atomic E-state index is 5.80. The van der Waals surface area contributed by atoms with Gasteiger partial charge in [0.05, 0.1) is 0 Å². The Morgan fingerprint density at radius 1 is 1.06 bits per heavy atom. The molecule has 1 heterocycles. The summed E-state index contributed by atoms with van der Waals surface area (Å²) in [4.78, 5) is 2.50. The van der Waals surface area contributed by atoms with Crippen LogP contribution in [0.2, 0.25) is 0 Å². The first-order chi connectivity index (χ1) is 8.25. The Morgan fingerprint density at radius 3 is 2.53 bits per heavy atom. The zero-order valence-electron chi connectivity index (χ0n) is 11.0. The largest absolute Gasteiger partial charge is 0.492 e. The van der Waals surface area contributed by atoms with Crippen molar-refractivity contribution in [3.8, 4) is 5.75 Å². The third-order valence-corrected chi connectivity index (χ3v) is 3.60. The minimum atomic E-state index is 0.808. The van der Waals surface area contributed by atoms with Crippen LogP contribution < -0.4 is 4.74 Å². The summed E-state index contributed by atoms with van der Waals surface area (Å²) in [5, 5.41) is 0. The first-order valence-electron chi connectivity index (χ1n) is 6.68. The molecule has 0 bridgehead atoms. The zero-order valence-corrected chi connectivity index (χ0v) is 11.0. The number of rotatable bonds is 4. The molecule has 1 aromatic rings. The van der Waals surface area contributed by atoms with E-state index in [4.69, 9.17) is 4.74 Å². The molecule has 0 aliphatic carbocycles. The molecule has 1 aliphatic heterocycles. The van der Waals surface area contributed by atoms with Crippen LogP contribution >= 0.6 is 0 Å². The maximum Gasteiger partial charge on any atom is 0.119 e. The van der Waals surface area contributed by atoms with Crippen LogP contribution in [0.5, 0.6) is 5.75 Å². The molecule has 2 rings (SSSR count). The Balaban J connectivity index is 1.75. The topological polar surface area (TPSA) is 12.5 Å². The van der Waals surface area contributed by atoms with Crippen LogP contribution in [0.15, 0.2) is 18.2 Å². The van der Waals surface area contributed by atoms with E-state index in [1.54, 1.807) is 0 Å². The van der Waals surface area contributed by atoms with Crippen molar-refractivity contribution in [2.75, 3.05) is 26.2 Å². The molecule has 0 N–H and O–H groups in total. The molecule has 94 valence electrons. The van der Waals surface area contributed by atoms with E-state index in [0.29, 0.717) is 0 Å². The predicted molar refractivity (Wildman–Crippen MR) is 71.7 cm³/mol. The van der Waals surface area contributed by atoms with Gasteiger partial charge in [-0.1, -0.05) is 12.5 Å². The maximum absolute atomic E-state index is 5.80.